The summed E-state index contributed by atoms with van der Waals surface area (Å²) in [6.07, 6.45) is 0. The lowest BCUT2D eigenvalue weighted by atomic mass is 10.2. The van der Waals surface area contributed by atoms with Crippen molar-refractivity contribution in [2.45, 2.75) is 6.92 Å². The van der Waals surface area contributed by atoms with Crippen molar-refractivity contribution in [2.24, 2.45) is 0 Å². The van der Waals surface area contributed by atoms with Crippen LogP contribution in [0.3, 0.4) is 0 Å². The highest BCUT2D eigenvalue weighted by atomic mass is 79.9. The maximum atomic E-state index is 13.0. The minimum Gasteiger partial charge on any atom is -0.330 e. The maximum Gasteiger partial charge on any atom is 0.210 e. The van der Waals surface area contributed by atoms with Crippen LogP contribution in [0.15, 0.2) is 22.1 Å². The molecule has 0 atom stereocenters. The smallest absolute Gasteiger partial charge is 0.210 e. The van der Waals surface area contributed by atoms with Gasteiger partial charge in [-0.25, -0.2) is 4.39 Å². The summed E-state index contributed by atoms with van der Waals surface area (Å²) < 4.78 is 13.7. The van der Waals surface area contributed by atoms with E-state index in [1.54, 1.807) is 6.07 Å². The van der Waals surface area contributed by atoms with E-state index in [-0.39, 0.29) is 5.82 Å². The van der Waals surface area contributed by atoms with Crippen molar-refractivity contribution >= 4 is 38.1 Å². The number of hydrogen-bond acceptors (Lipinski definition) is 4. The molecule has 2 rings (SSSR count). The van der Waals surface area contributed by atoms with Crippen LogP contribution in [0.4, 0.5) is 15.2 Å². The van der Waals surface area contributed by atoms with Gasteiger partial charge in [-0.05, 0) is 40.5 Å². The molecule has 0 saturated carbocycles. The van der Waals surface area contributed by atoms with Crippen molar-refractivity contribution in [3.8, 4) is 0 Å². The van der Waals surface area contributed by atoms with Crippen molar-refractivity contribution in [2.75, 3.05) is 5.32 Å². The molecule has 0 aliphatic carbocycles. The molecule has 78 valence electrons. The van der Waals surface area contributed by atoms with E-state index in [2.05, 4.69) is 31.4 Å². The van der Waals surface area contributed by atoms with Gasteiger partial charge >= 0.3 is 0 Å². The fourth-order valence-corrected chi connectivity index (χ4v) is 2.12. The molecular weight excluding hydrogens is 281 g/mol. The van der Waals surface area contributed by atoms with Crippen LogP contribution in [0, 0.1) is 12.7 Å². The molecule has 0 bridgehead atoms. The standard InChI is InChI=1S/C9H7BrFN3S/c1-5-2-3-6(11)4-7(5)12-9-14-13-8(10)15-9/h2-4H,1H3,(H,12,14). The largest absolute Gasteiger partial charge is 0.330 e. The lowest BCUT2D eigenvalue weighted by Gasteiger charge is -2.05. The summed E-state index contributed by atoms with van der Waals surface area (Å²) >= 11 is 4.57. The summed E-state index contributed by atoms with van der Waals surface area (Å²) in [7, 11) is 0. The van der Waals surface area contributed by atoms with Gasteiger partial charge in [-0.1, -0.05) is 17.4 Å². The molecule has 15 heavy (non-hydrogen) atoms. The summed E-state index contributed by atoms with van der Waals surface area (Å²) in [5.74, 6) is -0.272. The van der Waals surface area contributed by atoms with Crippen molar-refractivity contribution in [3.05, 3.63) is 33.5 Å². The fraction of sp³-hybridized carbons (Fsp3) is 0.111. The lowest BCUT2D eigenvalue weighted by molar-refractivity contribution is 0.628. The first kappa shape index (κ1) is 10.5. The molecule has 0 aliphatic rings. The second-order valence-electron chi connectivity index (χ2n) is 2.94. The van der Waals surface area contributed by atoms with Crippen LogP contribution in [0.1, 0.15) is 5.56 Å². The zero-order chi connectivity index (χ0) is 10.8. The fourth-order valence-electron chi connectivity index (χ4n) is 1.10. The Kier molecular flexibility index (Phi) is 2.97. The van der Waals surface area contributed by atoms with Gasteiger partial charge in [0.2, 0.25) is 5.13 Å². The van der Waals surface area contributed by atoms with Gasteiger partial charge in [0.15, 0.2) is 3.92 Å². The third kappa shape index (κ3) is 2.51. The molecule has 0 unspecified atom stereocenters. The van der Waals surface area contributed by atoms with Crippen LogP contribution in [-0.4, -0.2) is 10.2 Å². The van der Waals surface area contributed by atoms with Gasteiger partial charge in [-0.3, -0.25) is 0 Å². The molecular formula is C9H7BrFN3S. The number of hydrogen-bond donors (Lipinski definition) is 1. The summed E-state index contributed by atoms with van der Waals surface area (Å²) in [6.45, 7) is 1.90. The van der Waals surface area contributed by atoms with Gasteiger partial charge in [0.25, 0.3) is 0 Å². The van der Waals surface area contributed by atoms with Gasteiger partial charge in [0.05, 0.1) is 0 Å². The zero-order valence-electron chi connectivity index (χ0n) is 7.79. The van der Waals surface area contributed by atoms with Gasteiger partial charge in [0, 0.05) is 5.69 Å². The number of nitrogens with one attached hydrogen (secondary N) is 1. The van der Waals surface area contributed by atoms with Gasteiger partial charge in [-0.15, -0.1) is 10.2 Å². The molecule has 0 saturated heterocycles. The third-order valence-electron chi connectivity index (χ3n) is 1.84. The number of halogens is 2. The predicted molar refractivity (Wildman–Crippen MR) is 62.0 cm³/mol. The SMILES string of the molecule is Cc1ccc(F)cc1Nc1nnc(Br)s1. The average Bonchev–Trinajstić information content (AvgIpc) is 2.58. The normalized spacial score (nSPS) is 10.3. The topological polar surface area (TPSA) is 37.8 Å². The molecule has 0 aliphatic heterocycles. The van der Waals surface area contributed by atoms with Crippen LogP contribution in [0.5, 0.6) is 0 Å². The average molecular weight is 288 g/mol. The first-order valence-electron chi connectivity index (χ1n) is 4.17. The van der Waals surface area contributed by atoms with Crippen molar-refractivity contribution in [1.29, 1.82) is 0 Å². The number of aryl methyl sites for hydroxylation is 1. The number of rotatable bonds is 2. The Hall–Kier alpha value is -1.01. The Morgan fingerprint density at radius 3 is 2.87 bits per heavy atom. The molecule has 6 heteroatoms. The molecule has 1 aromatic carbocycles. The molecule has 0 amide bonds. The van der Waals surface area contributed by atoms with Crippen LogP contribution < -0.4 is 5.32 Å². The van der Waals surface area contributed by atoms with Gasteiger partial charge in [-0.2, -0.15) is 0 Å². The predicted octanol–water partition coefficient (Wildman–Crippen LogP) is 3.49. The molecule has 2 aromatic rings. The second-order valence-corrected chi connectivity index (χ2v) is 5.20. The summed E-state index contributed by atoms with van der Waals surface area (Å²) in [5.41, 5.74) is 1.67. The van der Waals surface area contributed by atoms with Crippen molar-refractivity contribution in [3.63, 3.8) is 0 Å². The first-order chi connectivity index (χ1) is 7.15. The minimum atomic E-state index is -0.272. The lowest BCUT2D eigenvalue weighted by Crippen LogP contribution is -1.93. The highest BCUT2D eigenvalue weighted by molar-refractivity contribution is 9.11. The van der Waals surface area contributed by atoms with E-state index < -0.39 is 0 Å². The highest BCUT2D eigenvalue weighted by Gasteiger charge is 2.04. The van der Waals surface area contributed by atoms with E-state index in [4.69, 9.17) is 0 Å². The molecule has 3 nitrogen and oxygen atoms in total. The quantitative estimate of drug-likeness (QED) is 0.919. The Balaban J connectivity index is 2.27. The van der Waals surface area contributed by atoms with E-state index in [1.807, 2.05) is 6.92 Å². The van der Waals surface area contributed by atoms with Crippen LogP contribution >= 0.6 is 27.3 Å². The Morgan fingerprint density at radius 2 is 2.20 bits per heavy atom. The van der Waals surface area contributed by atoms with Crippen LogP contribution in [0.25, 0.3) is 0 Å². The maximum absolute atomic E-state index is 13.0. The second kappa shape index (κ2) is 4.24. The molecule has 0 radical (unpaired) electrons. The molecule has 0 fully saturated rings. The molecule has 1 aromatic heterocycles. The summed E-state index contributed by atoms with van der Waals surface area (Å²) in [6, 6.07) is 4.58. The number of benzene rings is 1. The number of nitrogens with zero attached hydrogens (tertiary/aromatic N) is 2. The molecule has 1 N–H and O–H groups in total. The van der Waals surface area contributed by atoms with Gasteiger partial charge < -0.3 is 5.32 Å². The molecule has 1 heterocycles. The molecule has 0 spiro atoms. The number of aromatic nitrogens is 2. The van der Waals surface area contributed by atoms with Gasteiger partial charge in [0.1, 0.15) is 5.82 Å². The Labute approximate surface area is 98.5 Å². The van der Waals surface area contributed by atoms with E-state index in [0.717, 1.165) is 5.56 Å². The van der Waals surface area contributed by atoms with Crippen molar-refractivity contribution < 1.29 is 4.39 Å². The van der Waals surface area contributed by atoms with Crippen LogP contribution in [0.2, 0.25) is 0 Å². The summed E-state index contributed by atoms with van der Waals surface area (Å²) in [4.78, 5) is 0. The third-order valence-corrected chi connectivity index (χ3v) is 3.11. The van der Waals surface area contributed by atoms with E-state index >= 15 is 0 Å². The number of anilines is 2. The Morgan fingerprint density at radius 1 is 1.40 bits per heavy atom. The van der Waals surface area contributed by atoms with E-state index in [0.29, 0.717) is 14.7 Å². The zero-order valence-corrected chi connectivity index (χ0v) is 10.2. The van der Waals surface area contributed by atoms with Crippen molar-refractivity contribution in [1.82, 2.24) is 10.2 Å². The highest BCUT2D eigenvalue weighted by Crippen LogP contribution is 2.26. The van der Waals surface area contributed by atoms with E-state index in [9.17, 15) is 4.39 Å². The Bertz CT molecular complexity index is 486. The van der Waals surface area contributed by atoms with E-state index in [1.165, 1.54) is 23.5 Å². The minimum absolute atomic E-state index is 0.272. The van der Waals surface area contributed by atoms with Crippen LogP contribution in [-0.2, 0) is 0 Å². The summed E-state index contributed by atoms with van der Waals surface area (Å²) in [5, 5.41) is 11.3. The first-order valence-corrected chi connectivity index (χ1v) is 5.78. The monoisotopic (exact) mass is 287 g/mol.